The lowest BCUT2D eigenvalue weighted by Crippen LogP contribution is -2.50. The Morgan fingerprint density at radius 3 is 2.52 bits per heavy atom. The molecule has 0 bridgehead atoms. The zero-order valence-corrected chi connectivity index (χ0v) is 16.2. The summed E-state index contributed by atoms with van der Waals surface area (Å²) in [7, 11) is 1.76. The third-order valence-electron chi connectivity index (χ3n) is 4.33. The maximum atomic E-state index is 12.7. The highest BCUT2D eigenvalue weighted by Crippen LogP contribution is 2.26. The van der Waals surface area contributed by atoms with Gasteiger partial charge in [-0.2, -0.15) is 0 Å². The lowest BCUT2D eigenvalue weighted by atomic mass is 9.94. The summed E-state index contributed by atoms with van der Waals surface area (Å²) in [5.41, 5.74) is -0.473. The van der Waals surface area contributed by atoms with Crippen LogP contribution < -0.4 is 4.74 Å². The minimum absolute atomic E-state index is 0.0187. The van der Waals surface area contributed by atoms with Crippen LogP contribution >= 0.6 is 11.6 Å². The number of likely N-dealkylation sites (tertiary alicyclic amines) is 1. The van der Waals surface area contributed by atoms with Crippen LogP contribution in [0.15, 0.2) is 24.3 Å². The number of ether oxygens (including phenoxy) is 1. The van der Waals surface area contributed by atoms with Gasteiger partial charge in [-0.3, -0.25) is 9.59 Å². The van der Waals surface area contributed by atoms with Crippen LogP contribution in [0.2, 0.25) is 5.02 Å². The second kappa shape index (κ2) is 8.09. The highest BCUT2D eigenvalue weighted by Gasteiger charge is 2.39. The van der Waals surface area contributed by atoms with Crippen molar-refractivity contribution in [2.24, 2.45) is 5.41 Å². The van der Waals surface area contributed by atoms with Gasteiger partial charge in [0.05, 0.1) is 6.54 Å². The summed E-state index contributed by atoms with van der Waals surface area (Å²) in [6.07, 6.45) is 1.59. The molecular formula is C19H27ClN2O3. The van der Waals surface area contributed by atoms with Gasteiger partial charge < -0.3 is 14.5 Å². The fourth-order valence-corrected chi connectivity index (χ4v) is 3.02. The van der Waals surface area contributed by atoms with Gasteiger partial charge in [-0.05, 0) is 37.1 Å². The quantitative estimate of drug-likeness (QED) is 0.804. The number of carbonyl (C=O) groups excluding carboxylic acids is 2. The van der Waals surface area contributed by atoms with E-state index in [1.807, 2.05) is 20.8 Å². The molecule has 5 nitrogen and oxygen atoms in total. The van der Waals surface area contributed by atoms with E-state index in [0.29, 0.717) is 24.7 Å². The predicted molar refractivity (Wildman–Crippen MR) is 98.8 cm³/mol. The van der Waals surface area contributed by atoms with Gasteiger partial charge in [0, 0.05) is 24.0 Å². The van der Waals surface area contributed by atoms with Crippen LogP contribution in [0.1, 0.15) is 33.6 Å². The first kappa shape index (κ1) is 19.6. The molecule has 1 aromatic carbocycles. The van der Waals surface area contributed by atoms with E-state index in [2.05, 4.69) is 0 Å². The first-order valence-electron chi connectivity index (χ1n) is 8.64. The van der Waals surface area contributed by atoms with E-state index in [9.17, 15) is 9.59 Å². The Morgan fingerprint density at radius 2 is 1.92 bits per heavy atom. The molecule has 1 aromatic rings. The second-order valence-corrected chi connectivity index (χ2v) is 7.91. The van der Waals surface area contributed by atoms with Crippen molar-refractivity contribution in [2.45, 2.75) is 39.7 Å². The molecule has 1 saturated heterocycles. The zero-order valence-electron chi connectivity index (χ0n) is 15.4. The Kier molecular flexibility index (Phi) is 6.33. The summed E-state index contributed by atoms with van der Waals surface area (Å²) in [4.78, 5) is 28.7. The maximum absolute atomic E-state index is 12.7. The number of nitrogens with zero attached hydrogens (tertiary/aromatic N) is 2. The molecule has 25 heavy (non-hydrogen) atoms. The zero-order chi connectivity index (χ0) is 18.6. The topological polar surface area (TPSA) is 49.9 Å². The van der Waals surface area contributed by atoms with Gasteiger partial charge >= 0.3 is 0 Å². The molecule has 1 fully saturated rings. The van der Waals surface area contributed by atoms with Crippen molar-refractivity contribution >= 4 is 23.4 Å². The van der Waals surface area contributed by atoms with E-state index in [-0.39, 0.29) is 17.9 Å². The Labute approximate surface area is 154 Å². The molecule has 1 aliphatic heterocycles. The van der Waals surface area contributed by atoms with Crippen LogP contribution in [0, 0.1) is 5.41 Å². The molecule has 6 heteroatoms. The van der Waals surface area contributed by atoms with Crippen molar-refractivity contribution in [3.63, 3.8) is 0 Å². The summed E-state index contributed by atoms with van der Waals surface area (Å²) in [6.45, 7) is 7.18. The second-order valence-electron chi connectivity index (χ2n) is 7.47. The van der Waals surface area contributed by atoms with Crippen LogP contribution in [0.5, 0.6) is 5.75 Å². The lowest BCUT2D eigenvalue weighted by molar-refractivity contribution is -0.147. The van der Waals surface area contributed by atoms with Crippen LogP contribution in [0.25, 0.3) is 0 Å². The number of halogens is 1. The van der Waals surface area contributed by atoms with Crippen molar-refractivity contribution < 1.29 is 14.3 Å². The van der Waals surface area contributed by atoms with E-state index >= 15 is 0 Å². The highest BCUT2D eigenvalue weighted by molar-refractivity contribution is 6.30. The van der Waals surface area contributed by atoms with Gasteiger partial charge in [0.1, 0.15) is 18.4 Å². The van der Waals surface area contributed by atoms with Crippen molar-refractivity contribution in [1.29, 1.82) is 0 Å². The van der Waals surface area contributed by atoms with Gasteiger partial charge in [-0.15, -0.1) is 0 Å². The summed E-state index contributed by atoms with van der Waals surface area (Å²) >= 11 is 5.84. The number of amides is 2. The minimum Gasteiger partial charge on any atom is -0.492 e. The molecule has 0 aromatic heterocycles. The molecule has 0 aliphatic carbocycles. The van der Waals surface area contributed by atoms with Gasteiger partial charge in [-0.1, -0.05) is 32.4 Å². The molecule has 1 aliphatic rings. The summed E-state index contributed by atoms with van der Waals surface area (Å²) in [6, 6.07) is 6.77. The molecule has 1 heterocycles. The van der Waals surface area contributed by atoms with Gasteiger partial charge in [0.25, 0.3) is 0 Å². The maximum Gasteiger partial charge on any atom is 0.245 e. The number of rotatable bonds is 5. The van der Waals surface area contributed by atoms with Crippen molar-refractivity contribution in [1.82, 2.24) is 9.80 Å². The minimum atomic E-state index is -0.473. The molecule has 0 saturated carbocycles. The number of hydrogen-bond donors (Lipinski definition) is 0. The molecule has 0 radical (unpaired) electrons. The van der Waals surface area contributed by atoms with Gasteiger partial charge in [-0.25, -0.2) is 0 Å². The molecule has 2 amide bonds. The third-order valence-corrected chi connectivity index (χ3v) is 4.58. The Balaban J connectivity index is 1.88. The first-order chi connectivity index (χ1) is 11.7. The monoisotopic (exact) mass is 366 g/mol. The van der Waals surface area contributed by atoms with E-state index in [0.717, 1.165) is 18.6 Å². The normalized spacial score (nSPS) is 17.5. The van der Waals surface area contributed by atoms with Crippen LogP contribution in [0.4, 0.5) is 0 Å². The van der Waals surface area contributed by atoms with Crippen LogP contribution in [0.3, 0.4) is 0 Å². The number of hydrogen-bond acceptors (Lipinski definition) is 3. The Hall–Kier alpha value is -1.75. The standard InChI is InChI=1S/C19H27ClN2O3/c1-19(2,3)18(24)22-11-5-6-16(22)17(23)21(4)12-13-25-15-9-7-14(20)8-10-15/h7-10,16H,5-6,11-13H2,1-4H3. The highest BCUT2D eigenvalue weighted by atomic mass is 35.5. The molecule has 1 atom stereocenters. The van der Waals surface area contributed by atoms with E-state index in [1.54, 1.807) is 41.1 Å². The van der Waals surface area contributed by atoms with Crippen LogP contribution in [-0.4, -0.2) is 54.4 Å². The fourth-order valence-electron chi connectivity index (χ4n) is 2.89. The number of likely N-dealkylation sites (N-methyl/N-ethyl adjacent to an activating group) is 1. The van der Waals surface area contributed by atoms with E-state index < -0.39 is 5.41 Å². The van der Waals surface area contributed by atoms with E-state index in [4.69, 9.17) is 16.3 Å². The number of benzene rings is 1. The average molecular weight is 367 g/mol. The SMILES string of the molecule is CN(CCOc1ccc(Cl)cc1)C(=O)C1CCCN1C(=O)C(C)(C)C. The van der Waals surface area contributed by atoms with Crippen molar-refractivity contribution in [3.8, 4) is 5.75 Å². The first-order valence-corrected chi connectivity index (χ1v) is 9.02. The smallest absolute Gasteiger partial charge is 0.245 e. The predicted octanol–water partition coefficient (Wildman–Crippen LogP) is 3.21. The van der Waals surface area contributed by atoms with Crippen molar-refractivity contribution in [2.75, 3.05) is 26.7 Å². The fraction of sp³-hybridized carbons (Fsp3) is 0.579. The van der Waals surface area contributed by atoms with Gasteiger partial charge in [0.2, 0.25) is 11.8 Å². The lowest BCUT2D eigenvalue weighted by Gasteiger charge is -2.32. The average Bonchev–Trinajstić information content (AvgIpc) is 3.03. The molecule has 0 N–H and O–H groups in total. The van der Waals surface area contributed by atoms with Crippen LogP contribution in [-0.2, 0) is 9.59 Å². The van der Waals surface area contributed by atoms with Crippen molar-refractivity contribution in [3.05, 3.63) is 29.3 Å². The Morgan fingerprint density at radius 1 is 1.28 bits per heavy atom. The molecule has 2 rings (SSSR count). The summed E-state index contributed by atoms with van der Waals surface area (Å²) in [5, 5.41) is 0.657. The van der Waals surface area contributed by atoms with Gasteiger partial charge in [0.15, 0.2) is 0 Å². The largest absolute Gasteiger partial charge is 0.492 e. The molecule has 1 unspecified atom stereocenters. The summed E-state index contributed by atoms with van der Waals surface area (Å²) < 4.78 is 5.64. The molecule has 0 spiro atoms. The number of carbonyl (C=O) groups is 2. The third kappa shape index (κ3) is 5.11. The Bertz CT molecular complexity index is 610. The van der Waals surface area contributed by atoms with E-state index in [1.165, 1.54) is 0 Å². The molecular weight excluding hydrogens is 340 g/mol. The molecule has 138 valence electrons. The summed E-state index contributed by atoms with van der Waals surface area (Å²) in [5.74, 6) is 0.736.